The highest BCUT2D eigenvalue weighted by atomic mass is 19.1. The van der Waals surface area contributed by atoms with Gasteiger partial charge in [-0.25, -0.2) is 8.78 Å². The summed E-state index contributed by atoms with van der Waals surface area (Å²) >= 11 is 0. The first-order chi connectivity index (χ1) is 16.0. The first-order valence-electron chi connectivity index (χ1n) is 12.6. The number of hydrogen-bond acceptors (Lipinski definition) is 0. The standard InChI is InChI=1S/C31H38F2/c1-3-21-31(28-15-10-16-30(33)24-28,22-8-6-12-26-17-19-29(32)20-18-26)23-9-7-14-27-13-5-4-11-25(27)2/h4-5,10-11,13,15-20,24H,3,6-9,12,14,21-23H2,1-2H3. The number of hydrogen-bond donors (Lipinski definition) is 0. The number of halogens is 2. The van der Waals surface area contributed by atoms with Crippen LogP contribution < -0.4 is 0 Å². The van der Waals surface area contributed by atoms with Crippen LogP contribution in [0.2, 0.25) is 0 Å². The zero-order valence-corrected chi connectivity index (χ0v) is 20.3. The molecule has 3 rings (SSSR count). The van der Waals surface area contributed by atoms with Crippen molar-refractivity contribution in [1.82, 2.24) is 0 Å². The monoisotopic (exact) mass is 448 g/mol. The fourth-order valence-electron chi connectivity index (χ4n) is 5.22. The normalized spacial score (nSPS) is 13.1. The first-order valence-corrected chi connectivity index (χ1v) is 12.6. The lowest BCUT2D eigenvalue weighted by molar-refractivity contribution is 0.310. The maximum absolute atomic E-state index is 14.2. The lowest BCUT2D eigenvalue weighted by atomic mass is 9.69. The van der Waals surface area contributed by atoms with Crippen molar-refractivity contribution in [2.24, 2.45) is 0 Å². The molecule has 0 heterocycles. The van der Waals surface area contributed by atoms with Crippen LogP contribution in [0.3, 0.4) is 0 Å². The lowest BCUT2D eigenvalue weighted by Gasteiger charge is -2.35. The molecule has 2 heteroatoms. The molecule has 0 amide bonds. The Morgan fingerprint density at radius 1 is 0.667 bits per heavy atom. The zero-order chi connectivity index (χ0) is 23.5. The van der Waals surface area contributed by atoms with Gasteiger partial charge in [-0.15, -0.1) is 0 Å². The van der Waals surface area contributed by atoms with Gasteiger partial charge in [0.1, 0.15) is 11.6 Å². The molecule has 0 spiro atoms. The highest BCUT2D eigenvalue weighted by Crippen LogP contribution is 2.40. The molecule has 1 unspecified atom stereocenters. The van der Waals surface area contributed by atoms with Crippen LogP contribution in [-0.2, 0) is 18.3 Å². The van der Waals surface area contributed by atoms with E-state index in [0.29, 0.717) is 0 Å². The van der Waals surface area contributed by atoms with E-state index >= 15 is 0 Å². The third-order valence-corrected chi connectivity index (χ3v) is 7.06. The van der Waals surface area contributed by atoms with Crippen molar-refractivity contribution in [2.45, 2.75) is 83.5 Å². The molecule has 0 N–H and O–H groups in total. The molecule has 33 heavy (non-hydrogen) atoms. The van der Waals surface area contributed by atoms with E-state index < -0.39 is 0 Å². The molecule has 0 aliphatic carbocycles. The van der Waals surface area contributed by atoms with Crippen molar-refractivity contribution in [2.75, 3.05) is 0 Å². The van der Waals surface area contributed by atoms with Crippen LogP contribution in [0, 0.1) is 18.6 Å². The molecule has 176 valence electrons. The second-order valence-electron chi connectivity index (χ2n) is 9.51. The van der Waals surface area contributed by atoms with Crippen LogP contribution in [0.1, 0.15) is 80.5 Å². The van der Waals surface area contributed by atoms with Gasteiger partial charge in [-0.1, -0.05) is 74.7 Å². The third kappa shape index (κ3) is 7.52. The SMILES string of the molecule is CCCC(CCCCc1ccc(F)cc1)(CCCCc1ccccc1C)c1cccc(F)c1. The zero-order valence-electron chi connectivity index (χ0n) is 20.3. The minimum absolute atomic E-state index is 0.0192. The van der Waals surface area contributed by atoms with E-state index in [9.17, 15) is 8.78 Å². The van der Waals surface area contributed by atoms with E-state index in [1.165, 1.54) is 28.8 Å². The molecule has 3 aromatic carbocycles. The number of benzene rings is 3. The Labute approximate surface area is 199 Å². The van der Waals surface area contributed by atoms with Crippen LogP contribution in [0.5, 0.6) is 0 Å². The van der Waals surface area contributed by atoms with Crippen molar-refractivity contribution >= 4 is 0 Å². The second kappa shape index (κ2) is 12.7. The van der Waals surface area contributed by atoms with Gasteiger partial charge in [0.15, 0.2) is 0 Å². The molecule has 0 aliphatic rings. The molecule has 0 fully saturated rings. The minimum atomic E-state index is -0.183. The molecule has 3 aromatic rings. The molecular weight excluding hydrogens is 410 g/mol. The van der Waals surface area contributed by atoms with E-state index in [2.05, 4.69) is 44.2 Å². The quantitative estimate of drug-likeness (QED) is 0.229. The molecule has 0 aromatic heterocycles. The van der Waals surface area contributed by atoms with E-state index in [0.717, 1.165) is 69.8 Å². The van der Waals surface area contributed by atoms with Crippen LogP contribution in [0.4, 0.5) is 8.78 Å². The summed E-state index contributed by atoms with van der Waals surface area (Å²) in [5.74, 6) is -0.322. The average Bonchev–Trinajstić information content (AvgIpc) is 2.81. The Kier molecular flexibility index (Phi) is 9.66. The maximum Gasteiger partial charge on any atom is 0.123 e. The Balaban J connectivity index is 1.66. The second-order valence-corrected chi connectivity index (χ2v) is 9.51. The smallest absolute Gasteiger partial charge is 0.123 e. The summed E-state index contributed by atoms with van der Waals surface area (Å²) in [7, 11) is 0. The van der Waals surface area contributed by atoms with E-state index in [4.69, 9.17) is 0 Å². The van der Waals surface area contributed by atoms with Crippen molar-refractivity contribution in [1.29, 1.82) is 0 Å². The van der Waals surface area contributed by atoms with Crippen molar-refractivity contribution < 1.29 is 8.78 Å². The summed E-state index contributed by atoms with van der Waals surface area (Å²) in [4.78, 5) is 0. The summed E-state index contributed by atoms with van der Waals surface area (Å²) in [6.45, 7) is 4.42. The number of unbranched alkanes of at least 4 members (excludes halogenated alkanes) is 2. The van der Waals surface area contributed by atoms with Crippen LogP contribution >= 0.6 is 0 Å². The van der Waals surface area contributed by atoms with E-state index in [1.807, 2.05) is 18.2 Å². The molecule has 0 nitrogen and oxygen atoms in total. The van der Waals surface area contributed by atoms with Crippen LogP contribution in [0.25, 0.3) is 0 Å². The molecule has 0 radical (unpaired) electrons. The topological polar surface area (TPSA) is 0 Å². The number of rotatable bonds is 13. The Bertz CT molecular complexity index is 976. The third-order valence-electron chi connectivity index (χ3n) is 7.06. The highest BCUT2D eigenvalue weighted by molar-refractivity contribution is 5.27. The summed E-state index contributed by atoms with van der Waals surface area (Å²) < 4.78 is 27.4. The lowest BCUT2D eigenvalue weighted by Crippen LogP contribution is -2.26. The summed E-state index contributed by atoms with van der Waals surface area (Å²) in [5, 5.41) is 0. The largest absolute Gasteiger partial charge is 0.207 e. The van der Waals surface area contributed by atoms with E-state index in [-0.39, 0.29) is 17.0 Å². The maximum atomic E-state index is 14.2. The average molecular weight is 449 g/mol. The summed E-state index contributed by atoms with van der Waals surface area (Å²) in [5.41, 5.74) is 5.15. The van der Waals surface area contributed by atoms with Crippen molar-refractivity contribution in [3.05, 3.63) is 107 Å². The summed E-state index contributed by atoms with van der Waals surface area (Å²) in [6.07, 6.45) is 10.8. The molecule has 0 aliphatic heterocycles. The van der Waals surface area contributed by atoms with Gasteiger partial charge in [0.2, 0.25) is 0 Å². The first kappa shape index (κ1) is 25.1. The van der Waals surface area contributed by atoms with E-state index in [1.54, 1.807) is 12.1 Å². The van der Waals surface area contributed by atoms with Gasteiger partial charge in [-0.3, -0.25) is 0 Å². The van der Waals surface area contributed by atoms with Crippen LogP contribution in [-0.4, -0.2) is 0 Å². The molecule has 0 bridgehead atoms. The van der Waals surface area contributed by atoms with Gasteiger partial charge >= 0.3 is 0 Å². The van der Waals surface area contributed by atoms with Gasteiger partial charge in [-0.05, 0) is 104 Å². The number of aryl methyl sites for hydroxylation is 3. The Morgan fingerprint density at radius 3 is 2.03 bits per heavy atom. The fourth-order valence-corrected chi connectivity index (χ4v) is 5.22. The van der Waals surface area contributed by atoms with Crippen molar-refractivity contribution in [3.63, 3.8) is 0 Å². The fraction of sp³-hybridized carbons (Fsp3) is 0.419. The molecule has 0 saturated heterocycles. The molecule has 0 saturated carbocycles. The van der Waals surface area contributed by atoms with Gasteiger partial charge in [0, 0.05) is 0 Å². The minimum Gasteiger partial charge on any atom is -0.207 e. The molecule has 1 atom stereocenters. The van der Waals surface area contributed by atoms with Gasteiger partial charge in [0.25, 0.3) is 0 Å². The van der Waals surface area contributed by atoms with Crippen molar-refractivity contribution in [3.8, 4) is 0 Å². The van der Waals surface area contributed by atoms with Gasteiger partial charge < -0.3 is 0 Å². The predicted octanol–water partition coefficient (Wildman–Crippen LogP) is 9.14. The van der Waals surface area contributed by atoms with Gasteiger partial charge in [0.05, 0.1) is 0 Å². The molecular formula is C31H38F2. The Hall–Kier alpha value is -2.48. The summed E-state index contributed by atoms with van der Waals surface area (Å²) in [6, 6.07) is 22.8. The van der Waals surface area contributed by atoms with Gasteiger partial charge in [-0.2, -0.15) is 0 Å². The Morgan fingerprint density at radius 2 is 1.36 bits per heavy atom. The highest BCUT2D eigenvalue weighted by Gasteiger charge is 2.30. The predicted molar refractivity (Wildman–Crippen MR) is 136 cm³/mol. The van der Waals surface area contributed by atoms with Crippen LogP contribution in [0.15, 0.2) is 72.8 Å².